The minimum Gasteiger partial charge on any atom is -0.377 e. The normalized spacial score (nSPS) is 28.1. The van der Waals surface area contributed by atoms with Crippen LogP contribution in [0.4, 0.5) is 0 Å². The first-order valence-corrected chi connectivity index (χ1v) is 12.0. The number of benzene rings is 1. The van der Waals surface area contributed by atoms with Crippen molar-refractivity contribution in [3.8, 4) is 0 Å². The lowest BCUT2D eigenvalue weighted by molar-refractivity contribution is 0.0520. The van der Waals surface area contributed by atoms with Crippen molar-refractivity contribution >= 4 is 15.9 Å². The van der Waals surface area contributed by atoms with Crippen LogP contribution in [0, 0.1) is 11.8 Å². The molecular formula is C21H30N2O4S. The average Bonchev–Trinajstić information content (AvgIpc) is 3.25. The van der Waals surface area contributed by atoms with Crippen molar-refractivity contribution in [3.63, 3.8) is 0 Å². The van der Waals surface area contributed by atoms with Crippen molar-refractivity contribution in [1.29, 1.82) is 0 Å². The highest BCUT2D eigenvalue weighted by Crippen LogP contribution is 2.36. The van der Waals surface area contributed by atoms with Crippen molar-refractivity contribution in [2.24, 2.45) is 11.8 Å². The Bertz CT molecular complexity index is 804. The first-order chi connectivity index (χ1) is 13.5. The van der Waals surface area contributed by atoms with Gasteiger partial charge in [-0.25, -0.2) is 13.1 Å². The molecule has 0 radical (unpaired) electrons. The molecule has 1 amide bonds. The Labute approximate surface area is 167 Å². The lowest BCUT2D eigenvalue weighted by Gasteiger charge is -2.41. The van der Waals surface area contributed by atoms with Gasteiger partial charge in [0.2, 0.25) is 10.0 Å². The summed E-state index contributed by atoms with van der Waals surface area (Å²) in [5.41, 5.74) is 0.453. The minimum absolute atomic E-state index is 0.0554. The number of carbonyl (C=O) groups excluding carboxylic acids is 1. The van der Waals surface area contributed by atoms with Gasteiger partial charge < -0.3 is 9.64 Å². The Balaban J connectivity index is 1.43. The maximum atomic E-state index is 13.0. The van der Waals surface area contributed by atoms with Crippen molar-refractivity contribution < 1.29 is 17.9 Å². The van der Waals surface area contributed by atoms with Gasteiger partial charge >= 0.3 is 0 Å². The highest BCUT2D eigenvalue weighted by molar-refractivity contribution is 7.89. The van der Waals surface area contributed by atoms with Crippen LogP contribution in [0.3, 0.4) is 0 Å². The molecule has 2 saturated heterocycles. The Kier molecular flexibility index (Phi) is 6.04. The summed E-state index contributed by atoms with van der Waals surface area (Å²) in [5.74, 6) is 1.30. The van der Waals surface area contributed by atoms with Gasteiger partial charge in [-0.1, -0.05) is 25.3 Å². The fourth-order valence-corrected chi connectivity index (χ4v) is 5.97. The second kappa shape index (κ2) is 8.51. The van der Waals surface area contributed by atoms with Crippen LogP contribution in [0.15, 0.2) is 29.2 Å². The van der Waals surface area contributed by atoms with Gasteiger partial charge in [-0.2, -0.15) is 0 Å². The number of carbonyl (C=O) groups is 1. The number of nitrogens with one attached hydrogen (secondary N) is 1. The number of hydrogen-bond acceptors (Lipinski definition) is 4. The zero-order valence-electron chi connectivity index (χ0n) is 16.3. The Morgan fingerprint density at radius 1 is 1.11 bits per heavy atom. The number of piperidine rings is 1. The molecule has 4 rings (SSSR count). The molecule has 1 aromatic rings. The molecule has 3 atom stereocenters. The van der Waals surface area contributed by atoms with E-state index in [1.807, 2.05) is 4.90 Å². The molecule has 154 valence electrons. The lowest BCUT2D eigenvalue weighted by Crippen LogP contribution is -2.44. The zero-order valence-corrected chi connectivity index (χ0v) is 17.1. The average molecular weight is 407 g/mol. The van der Waals surface area contributed by atoms with E-state index >= 15 is 0 Å². The summed E-state index contributed by atoms with van der Waals surface area (Å²) in [6, 6.07) is 6.42. The molecule has 0 bridgehead atoms. The van der Waals surface area contributed by atoms with E-state index in [1.165, 1.54) is 31.7 Å². The number of amides is 1. The topological polar surface area (TPSA) is 75.7 Å². The van der Waals surface area contributed by atoms with Gasteiger partial charge in [0.05, 0.1) is 11.0 Å². The van der Waals surface area contributed by atoms with Crippen molar-refractivity contribution in [2.75, 3.05) is 26.2 Å². The molecule has 0 aromatic heterocycles. The lowest BCUT2D eigenvalue weighted by atomic mass is 9.75. The third-order valence-corrected chi connectivity index (χ3v) is 7.92. The third kappa shape index (κ3) is 4.42. The second-order valence-electron chi connectivity index (χ2n) is 8.36. The fraction of sp³-hybridized carbons (Fsp3) is 0.667. The number of nitrogens with zero attached hydrogens (tertiary/aromatic N) is 1. The molecule has 1 saturated carbocycles. The number of hydrogen-bond donors (Lipinski definition) is 1. The molecule has 28 heavy (non-hydrogen) atoms. The van der Waals surface area contributed by atoms with E-state index in [0.717, 1.165) is 38.3 Å². The highest BCUT2D eigenvalue weighted by Gasteiger charge is 2.33. The first kappa shape index (κ1) is 19.9. The van der Waals surface area contributed by atoms with E-state index in [2.05, 4.69) is 4.72 Å². The van der Waals surface area contributed by atoms with Crippen LogP contribution in [-0.2, 0) is 14.8 Å². The van der Waals surface area contributed by atoms with Crippen LogP contribution in [0.2, 0.25) is 0 Å². The summed E-state index contributed by atoms with van der Waals surface area (Å²) in [6.45, 7) is 2.54. The molecule has 3 aliphatic rings. The first-order valence-electron chi connectivity index (χ1n) is 10.5. The van der Waals surface area contributed by atoms with Gasteiger partial charge in [-0.3, -0.25) is 4.79 Å². The summed E-state index contributed by atoms with van der Waals surface area (Å²) < 4.78 is 33.4. The molecule has 1 aliphatic carbocycles. The largest absolute Gasteiger partial charge is 0.377 e. The van der Waals surface area contributed by atoms with E-state index < -0.39 is 10.0 Å². The molecule has 6 nitrogen and oxygen atoms in total. The van der Waals surface area contributed by atoms with Crippen LogP contribution in [-0.4, -0.2) is 51.6 Å². The molecule has 2 heterocycles. The van der Waals surface area contributed by atoms with Gasteiger partial charge in [0.1, 0.15) is 0 Å². The Morgan fingerprint density at radius 3 is 2.71 bits per heavy atom. The monoisotopic (exact) mass is 406 g/mol. The third-order valence-electron chi connectivity index (χ3n) is 6.49. The summed E-state index contributed by atoms with van der Waals surface area (Å²) in [4.78, 5) is 15.1. The molecule has 1 aromatic carbocycles. The number of sulfonamides is 1. The van der Waals surface area contributed by atoms with Crippen LogP contribution in [0.5, 0.6) is 0 Å². The van der Waals surface area contributed by atoms with Crippen LogP contribution in [0.25, 0.3) is 0 Å². The quantitative estimate of drug-likeness (QED) is 0.816. The number of likely N-dealkylation sites (tertiary alicyclic amines) is 1. The van der Waals surface area contributed by atoms with Gasteiger partial charge in [-0.05, 0) is 55.7 Å². The van der Waals surface area contributed by atoms with Gasteiger partial charge in [0, 0.05) is 31.8 Å². The van der Waals surface area contributed by atoms with E-state index in [-0.39, 0.29) is 23.5 Å². The molecular weight excluding hydrogens is 376 g/mol. The molecule has 3 fully saturated rings. The summed E-state index contributed by atoms with van der Waals surface area (Å²) in [6.07, 6.45) is 7.91. The van der Waals surface area contributed by atoms with E-state index in [0.29, 0.717) is 18.1 Å². The van der Waals surface area contributed by atoms with Gasteiger partial charge in [-0.15, -0.1) is 0 Å². The number of ether oxygens (including phenoxy) is 1. The van der Waals surface area contributed by atoms with E-state index in [1.54, 1.807) is 18.2 Å². The standard InChI is InChI=1S/C21H30N2O4S/c24-21(23-11-10-16-5-1-2-6-18(16)15-23)17-7-3-9-20(13-17)28(25,26)22-14-19-8-4-12-27-19/h3,7,9,13,16,18-19,22H,1-2,4-6,8,10-12,14-15H2/t16-,18-,19-/m0/s1. The Hall–Kier alpha value is -1.44. The molecule has 0 unspecified atom stereocenters. The maximum Gasteiger partial charge on any atom is 0.253 e. The predicted molar refractivity (Wildman–Crippen MR) is 107 cm³/mol. The molecule has 7 heteroatoms. The summed E-state index contributed by atoms with van der Waals surface area (Å²) in [7, 11) is -3.65. The van der Waals surface area contributed by atoms with Crippen LogP contribution < -0.4 is 4.72 Å². The van der Waals surface area contributed by atoms with Crippen molar-refractivity contribution in [2.45, 2.75) is 55.9 Å². The fourth-order valence-electron chi connectivity index (χ4n) is 4.86. The van der Waals surface area contributed by atoms with Gasteiger partial charge in [0.25, 0.3) is 5.91 Å². The molecule has 2 aliphatic heterocycles. The van der Waals surface area contributed by atoms with Crippen LogP contribution in [0.1, 0.15) is 55.3 Å². The summed E-state index contributed by atoms with van der Waals surface area (Å²) in [5, 5.41) is 0. The smallest absolute Gasteiger partial charge is 0.253 e. The van der Waals surface area contributed by atoms with Crippen LogP contribution >= 0.6 is 0 Å². The number of fused-ring (bicyclic) bond motifs is 1. The van der Waals surface area contributed by atoms with E-state index in [4.69, 9.17) is 4.74 Å². The van der Waals surface area contributed by atoms with Crippen molar-refractivity contribution in [3.05, 3.63) is 29.8 Å². The second-order valence-corrected chi connectivity index (χ2v) is 10.1. The minimum atomic E-state index is -3.65. The van der Waals surface area contributed by atoms with E-state index in [9.17, 15) is 13.2 Å². The molecule has 1 N–H and O–H groups in total. The highest BCUT2D eigenvalue weighted by atomic mass is 32.2. The Morgan fingerprint density at radius 2 is 1.93 bits per heavy atom. The zero-order chi connectivity index (χ0) is 19.6. The van der Waals surface area contributed by atoms with Gasteiger partial charge in [0.15, 0.2) is 0 Å². The SMILES string of the molecule is O=C(c1cccc(S(=O)(=O)NC[C@@H]2CCCO2)c1)N1CC[C@@H]2CCCC[C@H]2C1. The maximum absolute atomic E-state index is 13.0. The predicted octanol–water partition coefficient (Wildman–Crippen LogP) is 2.80. The molecule has 0 spiro atoms. The van der Waals surface area contributed by atoms with Crippen molar-refractivity contribution in [1.82, 2.24) is 9.62 Å². The number of rotatable bonds is 5. The summed E-state index contributed by atoms with van der Waals surface area (Å²) >= 11 is 0.